The standard InChI is InChI=1S/C13H19N3O3/c17-12(8-11-2-3-14-9-11)16-5-1-4-15(6-7-16)10-13(18)19/h2-3,9,14H,1,4-8,10H2,(H,18,19). The van der Waals surface area contributed by atoms with Gasteiger partial charge in [0.15, 0.2) is 0 Å². The minimum Gasteiger partial charge on any atom is -0.480 e. The van der Waals surface area contributed by atoms with Crippen LogP contribution in [0.3, 0.4) is 0 Å². The molecule has 0 saturated carbocycles. The first kappa shape index (κ1) is 13.6. The molecule has 0 aromatic carbocycles. The number of nitrogens with zero attached hydrogens (tertiary/aromatic N) is 2. The molecule has 6 heteroatoms. The third-order valence-corrected chi connectivity index (χ3v) is 3.32. The third-order valence-electron chi connectivity index (χ3n) is 3.32. The first-order chi connectivity index (χ1) is 9.15. The highest BCUT2D eigenvalue weighted by atomic mass is 16.4. The molecule has 2 rings (SSSR count). The minimum atomic E-state index is -0.813. The number of rotatable bonds is 4. The van der Waals surface area contributed by atoms with Crippen LogP contribution in [-0.4, -0.2) is 64.5 Å². The van der Waals surface area contributed by atoms with Gasteiger partial charge in [-0.05, 0) is 18.1 Å². The highest BCUT2D eigenvalue weighted by Crippen LogP contribution is 2.07. The molecule has 104 valence electrons. The summed E-state index contributed by atoms with van der Waals surface area (Å²) in [5.41, 5.74) is 0.983. The second-order valence-electron chi connectivity index (χ2n) is 4.80. The molecule has 1 amide bonds. The largest absolute Gasteiger partial charge is 0.480 e. The molecule has 1 saturated heterocycles. The average molecular weight is 265 g/mol. The van der Waals surface area contributed by atoms with Crippen LogP contribution in [0.25, 0.3) is 0 Å². The SMILES string of the molecule is O=C(O)CN1CCCN(C(=O)Cc2cc[nH]c2)CC1. The molecule has 1 aliphatic rings. The first-order valence-electron chi connectivity index (χ1n) is 6.49. The summed E-state index contributed by atoms with van der Waals surface area (Å²) in [5, 5.41) is 8.78. The van der Waals surface area contributed by atoms with Crippen LogP contribution in [0.5, 0.6) is 0 Å². The van der Waals surface area contributed by atoms with Crippen molar-refractivity contribution in [3.05, 3.63) is 24.0 Å². The molecule has 6 nitrogen and oxygen atoms in total. The number of carbonyl (C=O) groups excluding carboxylic acids is 1. The van der Waals surface area contributed by atoms with E-state index in [1.165, 1.54) is 0 Å². The molecule has 0 bridgehead atoms. The summed E-state index contributed by atoms with van der Waals surface area (Å²) in [6.45, 7) is 2.74. The maximum Gasteiger partial charge on any atom is 0.317 e. The van der Waals surface area contributed by atoms with Gasteiger partial charge in [-0.2, -0.15) is 0 Å². The van der Waals surface area contributed by atoms with E-state index in [0.717, 1.165) is 18.5 Å². The van der Waals surface area contributed by atoms with Crippen molar-refractivity contribution < 1.29 is 14.7 Å². The van der Waals surface area contributed by atoms with Crippen molar-refractivity contribution in [2.45, 2.75) is 12.8 Å². The van der Waals surface area contributed by atoms with Crippen molar-refractivity contribution in [2.75, 3.05) is 32.7 Å². The van der Waals surface area contributed by atoms with Gasteiger partial charge in [0.1, 0.15) is 0 Å². The van der Waals surface area contributed by atoms with Crippen LogP contribution in [0.1, 0.15) is 12.0 Å². The van der Waals surface area contributed by atoms with E-state index >= 15 is 0 Å². The lowest BCUT2D eigenvalue weighted by Gasteiger charge is -2.21. The van der Waals surface area contributed by atoms with Gasteiger partial charge in [0, 0.05) is 38.6 Å². The average Bonchev–Trinajstić information content (AvgIpc) is 2.74. The second kappa shape index (κ2) is 6.38. The molecule has 1 aromatic rings. The number of aromatic nitrogens is 1. The number of amides is 1. The molecular weight excluding hydrogens is 246 g/mol. The van der Waals surface area contributed by atoms with E-state index in [-0.39, 0.29) is 12.5 Å². The maximum absolute atomic E-state index is 12.1. The number of carboxylic acids is 1. The molecule has 2 N–H and O–H groups in total. The zero-order chi connectivity index (χ0) is 13.7. The Balaban J connectivity index is 1.84. The van der Waals surface area contributed by atoms with Crippen LogP contribution in [0, 0.1) is 0 Å². The van der Waals surface area contributed by atoms with Crippen molar-refractivity contribution in [3.63, 3.8) is 0 Å². The van der Waals surface area contributed by atoms with E-state index in [1.54, 1.807) is 6.20 Å². The van der Waals surface area contributed by atoms with Gasteiger partial charge in [-0.15, -0.1) is 0 Å². The summed E-state index contributed by atoms with van der Waals surface area (Å²) < 4.78 is 0. The monoisotopic (exact) mass is 265 g/mol. The Kier molecular flexibility index (Phi) is 4.57. The Morgan fingerprint density at radius 2 is 2.11 bits per heavy atom. The molecule has 1 fully saturated rings. The van der Waals surface area contributed by atoms with Gasteiger partial charge in [0.05, 0.1) is 13.0 Å². The van der Waals surface area contributed by atoms with Crippen LogP contribution in [0.4, 0.5) is 0 Å². The number of hydrogen-bond acceptors (Lipinski definition) is 3. The Hall–Kier alpha value is -1.82. The number of aromatic amines is 1. The van der Waals surface area contributed by atoms with E-state index in [4.69, 9.17) is 5.11 Å². The quantitative estimate of drug-likeness (QED) is 0.814. The number of H-pyrrole nitrogens is 1. The third kappa shape index (κ3) is 4.10. The lowest BCUT2D eigenvalue weighted by atomic mass is 10.2. The summed E-state index contributed by atoms with van der Waals surface area (Å²) >= 11 is 0. The molecule has 0 radical (unpaired) electrons. The van der Waals surface area contributed by atoms with Gasteiger partial charge in [0.2, 0.25) is 5.91 Å². The summed E-state index contributed by atoms with van der Waals surface area (Å²) in [6.07, 6.45) is 4.86. The van der Waals surface area contributed by atoms with Gasteiger partial charge in [-0.1, -0.05) is 0 Å². The van der Waals surface area contributed by atoms with Crippen molar-refractivity contribution >= 4 is 11.9 Å². The van der Waals surface area contributed by atoms with E-state index in [0.29, 0.717) is 26.1 Å². The smallest absolute Gasteiger partial charge is 0.317 e. The Bertz CT molecular complexity index is 430. The summed E-state index contributed by atoms with van der Waals surface area (Å²) in [6, 6.07) is 1.90. The normalized spacial score (nSPS) is 17.2. The van der Waals surface area contributed by atoms with Crippen molar-refractivity contribution in [1.29, 1.82) is 0 Å². The van der Waals surface area contributed by atoms with E-state index in [1.807, 2.05) is 22.1 Å². The van der Waals surface area contributed by atoms with Gasteiger partial charge in [-0.25, -0.2) is 0 Å². The summed E-state index contributed by atoms with van der Waals surface area (Å²) in [4.78, 5) is 29.4. The molecular formula is C13H19N3O3. The zero-order valence-electron chi connectivity index (χ0n) is 10.8. The predicted molar refractivity (Wildman–Crippen MR) is 69.8 cm³/mol. The second-order valence-corrected chi connectivity index (χ2v) is 4.80. The molecule has 1 aromatic heterocycles. The fraction of sp³-hybridized carbons (Fsp3) is 0.538. The van der Waals surface area contributed by atoms with Crippen LogP contribution in [-0.2, 0) is 16.0 Å². The zero-order valence-corrected chi connectivity index (χ0v) is 10.8. The van der Waals surface area contributed by atoms with Gasteiger partial charge < -0.3 is 15.0 Å². The summed E-state index contributed by atoms with van der Waals surface area (Å²) in [7, 11) is 0. The predicted octanol–water partition coefficient (Wildman–Crippen LogP) is 0.176. The lowest BCUT2D eigenvalue weighted by Crippen LogP contribution is -2.37. The molecule has 0 spiro atoms. The van der Waals surface area contributed by atoms with Crippen molar-refractivity contribution in [3.8, 4) is 0 Å². The van der Waals surface area contributed by atoms with E-state index < -0.39 is 5.97 Å². The number of hydrogen-bond donors (Lipinski definition) is 2. The van der Waals surface area contributed by atoms with Crippen molar-refractivity contribution in [2.24, 2.45) is 0 Å². The number of nitrogens with one attached hydrogen (secondary N) is 1. The number of carboxylic acid groups (broad SMARTS) is 1. The van der Waals surface area contributed by atoms with Crippen LogP contribution in [0.2, 0.25) is 0 Å². The van der Waals surface area contributed by atoms with Gasteiger partial charge >= 0.3 is 5.97 Å². The van der Waals surface area contributed by atoms with Gasteiger partial charge in [-0.3, -0.25) is 14.5 Å². The van der Waals surface area contributed by atoms with Crippen molar-refractivity contribution in [1.82, 2.24) is 14.8 Å². The molecule has 1 aliphatic heterocycles. The molecule has 19 heavy (non-hydrogen) atoms. The minimum absolute atomic E-state index is 0.0554. The Morgan fingerprint density at radius 1 is 1.26 bits per heavy atom. The molecule has 0 unspecified atom stereocenters. The number of carbonyl (C=O) groups is 2. The molecule has 0 atom stereocenters. The highest BCUT2D eigenvalue weighted by Gasteiger charge is 2.20. The van der Waals surface area contributed by atoms with E-state index in [2.05, 4.69) is 4.98 Å². The molecule has 0 aliphatic carbocycles. The lowest BCUT2D eigenvalue weighted by molar-refractivity contribution is -0.138. The Morgan fingerprint density at radius 3 is 2.79 bits per heavy atom. The topological polar surface area (TPSA) is 76.6 Å². The Labute approximate surface area is 112 Å². The van der Waals surface area contributed by atoms with Gasteiger partial charge in [0.25, 0.3) is 0 Å². The van der Waals surface area contributed by atoms with Crippen LogP contribution >= 0.6 is 0 Å². The fourth-order valence-electron chi connectivity index (χ4n) is 2.32. The van der Waals surface area contributed by atoms with E-state index in [9.17, 15) is 9.59 Å². The summed E-state index contributed by atoms with van der Waals surface area (Å²) in [5.74, 6) is -0.705. The molecule has 2 heterocycles. The fourth-order valence-corrected chi connectivity index (χ4v) is 2.32. The number of aliphatic carboxylic acids is 1. The highest BCUT2D eigenvalue weighted by molar-refractivity contribution is 5.78. The van der Waals surface area contributed by atoms with Crippen LogP contribution in [0.15, 0.2) is 18.5 Å². The van der Waals surface area contributed by atoms with Crippen LogP contribution < -0.4 is 0 Å². The maximum atomic E-state index is 12.1. The first-order valence-corrected chi connectivity index (χ1v) is 6.49.